The Labute approximate surface area is 121 Å². The van der Waals surface area contributed by atoms with Gasteiger partial charge in [-0.05, 0) is 18.9 Å². The summed E-state index contributed by atoms with van der Waals surface area (Å²) < 4.78 is 0. The van der Waals surface area contributed by atoms with E-state index in [1.165, 1.54) is 24.8 Å². The number of hydrogen-bond donors (Lipinski definition) is 1. The molecule has 1 aromatic rings. The van der Waals surface area contributed by atoms with Crippen LogP contribution in [0.25, 0.3) is 0 Å². The highest BCUT2D eigenvalue weighted by atomic mass is 35.5. The molecule has 7 heteroatoms. The third-order valence-electron chi connectivity index (χ3n) is 2.95. The fourth-order valence-corrected chi connectivity index (χ4v) is 2.08. The van der Waals surface area contributed by atoms with Crippen LogP contribution in [-0.4, -0.2) is 23.5 Å². The van der Waals surface area contributed by atoms with Gasteiger partial charge in [-0.15, -0.1) is 0 Å². The lowest BCUT2D eigenvalue weighted by Crippen LogP contribution is -2.17. The zero-order valence-electron chi connectivity index (χ0n) is 10.9. The van der Waals surface area contributed by atoms with Crippen LogP contribution in [0.2, 0.25) is 5.02 Å². The predicted octanol–water partition coefficient (Wildman–Crippen LogP) is 3.14. The first kappa shape index (κ1) is 14.5. The molecule has 0 bridgehead atoms. The third-order valence-corrected chi connectivity index (χ3v) is 3.27. The van der Waals surface area contributed by atoms with Gasteiger partial charge >= 0.3 is 0 Å². The molecule has 0 saturated heterocycles. The van der Waals surface area contributed by atoms with Crippen LogP contribution >= 0.6 is 11.6 Å². The first-order valence-electron chi connectivity index (χ1n) is 6.43. The zero-order chi connectivity index (χ0) is 14.4. The Bertz CT molecular complexity index is 557. The van der Waals surface area contributed by atoms with E-state index in [0.29, 0.717) is 5.56 Å². The number of aliphatic imine (C=N–C) groups is 1. The molecule has 0 aromatic heterocycles. The number of halogens is 1. The normalized spacial score (nSPS) is 15.8. The maximum absolute atomic E-state index is 10.8. The Kier molecular flexibility index (Phi) is 5.06. The molecule has 2 rings (SSSR count). The fourth-order valence-electron chi connectivity index (χ4n) is 1.90. The zero-order valence-corrected chi connectivity index (χ0v) is 11.6. The summed E-state index contributed by atoms with van der Waals surface area (Å²) in [5.74, 6) is 0.863. The number of nitrogens with zero attached hydrogens (tertiary/aromatic N) is 3. The Balaban J connectivity index is 2.02. The second-order valence-corrected chi connectivity index (χ2v) is 4.88. The molecule has 0 saturated carbocycles. The summed E-state index contributed by atoms with van der Waals surface area (Å²) in [6.07, 6.45) is 5.81. The smallest absolute Gasteiger partial charge is 0.271 e. The average molecular weight is 295 g/mol. The maximum Gasteiger partial charge on any atom is 0.288 e. The SMILES string of the molecule is O=[N+]([O-])c1cc(C=NNC2=NCCCCC2)ccc1Cl. The van der Waals surface area contributed by atoms with E-state index in [4.69, 9.17) is 11.6 Å². The Hall–Kier alpha value is -1.95. The van der Waals surface area contributed by atoms with E-state index in [0.717, 1.165) is 31.6 Å². The van der Waals surface area contributed by atoms with Gasteiger partial charge in [-0.3, -0.25) is 20.5 Å². The van der Waals surface area contributed by atoms with E-state index >= 15 is 0 Å². The van der Waals surface area contributed by atoms with Gasteiger partial charge in [0.2, 0.25) is 0 Å². The number of nitro benzene ring substituents is 1. The van der Waals surface area contributed by atoms with Crippen LogP contribution in [0.4, 0.5) is 5.69 Å². The van der Waals surface area contributed by atoms with E-state index < -0.39 is 4.92 Å². The average Bonchev–Trinajstić information content (AvgIpc) is 2.69. The molecule has 0 unspecified atom stereocenters. The minimum atomic E-state index is -0.511. The first-order chi connectivity index (χ1) is 9.66. The van der Waals surface area contributed by atoms with Gasteiger partial charge in [-0.2, -0.15) is 5.10 Å². The highest BCUT2D eigenvalue weighted by Crippen LogP contribution is 2.24. The largest absolute Gasteiger partial charge is 0.288 e. The van der Waals surface area contributed by atoms with Crippen LogP contribution in [0.1, 0.15) is 31.2 Å². The maximum atomic E-state index is 10.8. The number of amidine groups is 1. The topological polar surface area (TPSA) is 79.9 Å². The molecule has 0 aliphatic carbocycles. The molecule has 1 heterocycles. The van der Waals surface area contributed by atoms with Crippen molar-refractivity contribution in [1.82, 2.24) is 5.43 Å². The van der Waals surface area contributed by atoms with Gasteiger partial charge in [0.15, 0.2) is 0 Å². The summed E-state index contributed by atoms with van der Waals surface area (Å²) in [6, 6.07) is 4.56. The van der Waals surface area contributed by atoms with Gasteiger partial charge in [0.05, 0.1) is 11.1 Å². The van der Waals surface area contributed by atoms with Crippen molar-refractivity contribution in [2.45, 2.75) is 25.7 Å². The number of rotatable bonds is 3. The molecule has 1 aliphatic heterocycles. The molecule has 0 spiro atoms. The predicted molar refractivity (Wildman–Crippen MR) is 79.6 cm³/mol. The van der Waals surface area contributed by atoms with Crippen molar-refractivity contribution in [2.75, 3.05) is 6.54 Å². The highest BCUT2D eigenvalue weighted by molar-refractivity contribution is 6.32. The summed E-state index contributed by atoms with van der Waals surface area (Å²) in [6.45, 7) is 0.824. The van der Waals surface area contributed by atoms with Gasteiger partial charge in [0.1, 0.15) is 10.9 Å². The van der Waals surface area contributed by atoms with Crippen molar-refractivity contribution in [2.24, 2.45) is 10.1 Å². The van der Waals surface area contributed by atoms with E-state index in [1.54, 1.807) is 6.07 Å². The summed E-state index contributed by atoms with van der Waals surface area (Å²) in [7, 11) is 0. The molecule has 0 amide bonds. The Morgan fingerprint density at radius 3 is 3.05 bits per heavy atom. The second kappa shape index (κ2) is 7.00. The standard InChI is InChI=1S/C13H15ClN4O2/c14-11-6-5-10(8-12(11)18(19)20)9-16-17-13-4-2-1-3-7-15-13/h5-6,8-9H,1-4,7H2,(H,15,17). The number of hydrogen-bond acceptors (Lipinski definition) is 5. The first-order valence-corrected chi connectivity index (χ1v) is 6.81. The molecule has 0 fully saturated rings. The van der Waals surface area contributed by atoms with Crippen LogP contribution in [0.15, 0.2) is 28.3 Å². The highest BCUT2D eigenvalue weighted by Gasteiger charge is 2.11. The third kappa shape index (κ3) is 4.03. The lowest BCUT2D eigenvalue weighted by molar-refractivity contribution is -0.384. The quantitative estimate of drug-likeness (QED) is 0.528. The number of nitro groups is 1. The number of benzene rings is 1. The number of nitrogens with one attached hydrogen (secondary N) is 1. The van der Waals surface area contributed by atoms with Crippen molar-refractivity contribution in [1.29, 1.82) is 0 Å². The molecule has 1 N–H and O–H groups in total. The van der Waals surface area contributed by atoms with Crippen LogP contribution in [0.5, 0.6) is 0 Å². The lowest BCUT2D eigenvalue weighted by atomic mass is 10.2. The van der Waals surface area contributed by atoms with Gasteiger partial charge in [-0.25, -0.2) is 0 Å². The molecule has 6 nitrogen and oxygen atoms in total. The summed E-state index contributed by atoms with van der Waals surface area (Å²) in [5.41, 5.74) is 3.38. The number of hydrazone groups is 1. The summed E-state index contributed by atoms with van der Waals surface area (Å²) >= 11 is 5.74. The van der Waals surface area contributed by atoms with Gasteiger partial charge in [-0.1, -0.05) is 24.1 Å². The fraction of sp³-hybridized carbons (Fsp3) is 0.385. The van der Waals surface area contributed by atoms with Gasteiger partial charge in [0, 0.05) is 24.6 Å². The van der Waals surface area contributed by atoms with Crippen LogP contribution in [0.3, 0.4) is 0 Å². The minimum Gasteiger partial charge on any atom is -0.271 e. The van der Waals surface area contributed by atoms with Gasteiger partial charge < -0.3 is 0 Å². The molecule has 0 atom stereocenters. The lowest BCUT2D eigenvalue weighted by Gasteiger charge is -2.02. The molecular weight excluding hydrogens is 280 g/mol. The van der Waals surface area contributed by atoms with Crippen LogP contribution in [-0.2, 0) is 0 Å². The van der Waals surface area contributed by atoms with Crippen molar-refractivity contribution in [3.63, 3.8) is 0 Å². The molecule has 1 aromatic carbocycles. The van der Waals surface area contributed by atoms with Crippen molar-refractivity contribution in [3.8, 4) is 0 Å². The summed E-state index contributed by atoms with van der Waals surface area (Å²) in [4.78, 5) is 14.6. The summed E-state index contributed by atoms with van der Waals surface area (Å²) in [5, 5.41) is 15.0. The van der Waals surface area contributed by atoms with E-state index in [2.05, 4.69) is 15.5 Å². The van der Waals surface area contributed by atoms with E-state index in [1.807, 2.05) is 0 Å². The van der Waals surface area contributed by atoms with Crippen LogP contribution in [0, 0.1) is 10.1 Å². The second-order valence-electron chi connectivity index (χ2n) is 4.48. The van der Waals surface area contributed by atoms with Gasteiger partial charge in [0.25, 0.3) is 5.69 Å². The van der Waals surface area contributed by atoms with Crippen molar-refractivity contribution < 1.29 is 4.92 Å². The molecule has 1 aliphatic rings. The van der Waals surface area contributed by atoms with Crippen molar-refractivity contribution >= 4 is 29.3 Å². The Morgan fingerprint density at radius 1 is 1.40 bits per heavy atom. The van der Waals surface area contributed by atoms with Crippen LogP contribution < -0.4 is 5.43 Å². The van der Waals surface area contributed by atoms with E-state index in [-0.39, 0.29) is 10.7 Å². The molecular formula is C13H15ClN4O2. The minimum absolute atomic E-state index is 0.119. The molecule has 20 heavy (non-hydrogen) atoms. The molecule has 106 valence electrons. The molecule has 0 radical (unpaired) electrons. The van der Waals surface area contributed by atoms with E-state index in [9.17, 15) is 10.1 Å². The monoisotopic (exact) mass is 294 g/mol. The van der Waals surface area contributed by atoms with Crippen molar-refractivity contribution in [3.05, 3.63) is 38.9 Å². The Morgan fingerprint density at radius 2 is 2.25 bits per heavy atom.